The maximum atomic E-state index is 12.9. The van der Waals surface area contributed by atoms with Crippen LogP contribution >= 0.6 is 23.2 Å². The highest BCUT2D eigenvalue weighted by atomic mass is 35.5. The molecule has 0 bridgehead atoms. The summed E-state index contributed by atoms with van der Waals surface area (Å²) in [6, 6.07) is 12.1. The third-order valence-corrected chi connectivity index (χ3v) is 8.31. The molecule has 0 unspecified atom stereocenters. The molecule has 0 aromatic heterocycles. The second-order valence-electron chi connectivity index (χ2n) is 8.78. The fourth-order valence-corrected chi connectivity index (χ4v) is 5.60. The van der Waals surface area contributed by atoms with Crippen LogP contribution in [0.5, 0.6) is 0 Å². The first-order valence-electron chi connectivity index (χ1n) is 12.3. The van der Waals surface area contributed by atoms with Crippen LogP contribution in [-0.4, -0.2) is 56.5 Å². The van der Waals surface area contributed by atoms with Gasteiger partial charge in [-0.1, -0.05) is 65.7 Å². The summed E-state index contributed by atoms with van der Waals surface area (Å²) in [5, 5.41) is 8.19. The molecular weight excluding hydrogens is 543 g/mol. The second-order valence-corrected chi connectivity index (χ2v) is 11.2. The van der Waals surface area contributed by atoms with Gasteiger partial charge in [-0.2, -0.15) is 0 Å². The molecule has 38 heavy (non-hydrogen) atoms. The number of carbonyl (C=O) groups is 1. The molecule has 1 heterocycles. The first-order valence-corrected chi connectivity index (χ1v) is 14.5. The molecule has 0 spiro atoms. The first-order chi connectivity index (χ1) is 18.2. The number of halogens is 2. The largest absolute Gasteiger partial charge is 0.341 e. The van der Waals surface area contributed by atoms with E-state index in [9.17, 15) is 13.2 Å². The van der Waals surface area contributed by atoms with Gasteiger partial charge in [-0.05, 0) is 54.8 Å². The lowest BCUT2D eigenvalue weighted by molar-refractivity contribution is -0.130. The summed E-state index contributed by atoms with van der Waals surface area (Å²) in [6.45, 7) is 5.25. The molecular formula is C28H32Cl2N4O3S. The van der Waals surface area contributed by atoms with E-state index in [1.54, 1.807) is 49.4 Å². The van der Waals surface area contributed by atoms with E-state index in [0.29, 0.717) is 40.9 Å². The number of sulfonamides is 1. The number of nitrogens with zero attached hydrogens (tertiary/aromatic N) is 2. The number of carbonyl (C=O) groups excluding carboxylic acids is 1. The van der Waals surface area contributed by atoms with E-state index in [4.69, 9.17) is 28.6 Å². The molecule has 0 atom stereocenters. The number of hydrogen-bond acceptors (Lipinski definition) is 5. The summed E-state index contributed by atoms with van der Waals surface area (Å²) in [6.07, 6.45) is 10.3. The van der Waals surface area contributed by atoms with E-state index < -0.39 is 10.0 Å². The van der Waals surface area contributed by atoms with Gasteiger partial charge in [-0.25, -0.2) is 8.42 Å². The third kappa shape index (κ3) is 8.56. The molecule has 2 N–H and O–H groups in total. The fraction of sp³-hybridized carbons (Fsp3) is 0.286. The van der Waals surface area contributed by atoms with E-state index in [-0.39, 0.29) is 17.2 Å². The van der Waals surface area contributed by atoms with Crippen molar-refractivity contribution in [1.29, 1.82) is 5.41 Å². The molecule has 2 aromatic carbocycles. The first kappa shape index (κ1) is 29.6. The summed E-state index contributed by atoms with van der Waals surface area (Å²) < 4.78 is 28.3. The van der Waals surface area contributed by atoms with Gasteiger partial charge in [0, 0.05) is 51.1 Å². The lowest BCUT2D eigenvalue weighted by atomic mass is 10.2. The van der Waals surface area contributed by atoms with Crippen LogP contribution in [0.15, 0.2) is 77.4 Å². The maximum Gasteiger partial charge on any atom is 0.261 e. The quantitative estimate of drug-likeness (QED) is 0.288. The summed E-state index contributed by atoms with van der Waals surface area (Å²) in [5.41, 5.74) is 2.02. The Kier molecular flexibility index (Phi) is 11.2. The molecule has 1 aliphatic heterocycles. The lowest BCUT2D eigenvalue weighted by Gasteiger charge is -2.22. The second kappa shape index (κ2) is 14.3. The van der Waals surface area contributed by atoms with Gasteiger partial charge in [0.1, 0.15) is 0 Å². The topological polar surface area (TPSA) is 93.6 Å². The van der Waals surface area contributed by atoms with Crippen molar-refractivity contribution < 1.29 is 13.2 Å². The zero-order valence-electron chi connectivity index (χ0n) is 21.2. The minimum atomic E-state index is -3.81. The van der Waals surface area contributed by atoms with Crippen LogP contribution in [-0.2, 0) is 21.4 Å². The Balaban J connectivity index is 1.54. The molecule has 10 heteroatoms. The highest BCUT2D eigenvalue weighted by Crippen LogP contribution is 2.26. The number of nitrogens with one attached hydrogen (secondary N) is 2. The fourth-order valence-electron chi connectivity index (χ4n) is 4.05. The standard InChI is InChI=1S/C28H32Cl2N4O3S/c1-2-24(32-38(36,37)25-12-3-8-22(20-25)9-6-15-31)11-5-14-27(35)34-17-7-16-33(18-19-34)21-23-10-4-13-26(29)28(23)30/h2-6,8-13,15,20,31-32H,7,14,16-19,21H2,1H3/b9-6-,11-5-,24-2+,31-15?. The van der Waals surface area contributed by atoms with Crippen molar-refractivity contribution in [2.45, 2.75) is 31.2 Å². The molecule has 7 nitrogen and oxygen atoms in total. The number of hydrogen-bond donors (Lipinski definition) is 2. The molecule has 202 valence electrons. The SMILES string of the molecule is C/C=C(\C=C/CC(=O)N1CCCN(Cc2cccc(Cl)c2Cl)CC1)NS(=O)(=O)c1cccc(/C=C\C=N)c1. The van der Waals surface area contributed by atoms with Crippen LogP contribution in [0.4, 0.5) is 0 Å². The smallest absolute Gasteiger partial charge is 0.261 e. The summed E-state index contributed by atoms with van der Waals surface area (Å²) in [4.78, 5) is 17.1. The van der Waals surface area contributed by atoms with Crippen LogP contribution in [0, 0.1) is 5.41 Å². The Morgan fingerprint density at radius 1 is 1.11 bits per heavy atom. The highest BCUT2D eigenvalue weighted by Gasteiger charge is 2.20. The van der Waals surface area contributed by atoms with E-state index in [0.717, 1.165) is 31.3 Å². The monoisotopic (exact) mass is 574 g/mol. The van der Waals surface area contributed by atoms with Crippen molar-refractivity contribution in [3.8, 4) is 0 Å². The minimum absolute atomic E-state index is 0.00659. The van der Waals surface area contributed by atoms with E-state index in [1.807, 2.05) is 17.0 Å². The number of allylic oxidation sites excluding steroid dienone is 3. The van der Waals surface area contributed by atoms with Gasteiger partial charge in [0.2, 0.25) is 5.91 Å². The van der Waals surface area contributed by atoms with Gasteiger partial charge in [0.25, 0.3) is 10.0 Å². The van der Waals surface area contributed by atoms with Crippen LogP contribution in [0.3, 0.4) is 0 Å². The molecule has 0 radical (unpaired) electrons. The van der Waals surface area contributed by atoms with Crippen LogP contribution in [0.1, 0.15) is 30.9 Å². The predicted molar refractivity (Wildman–Crippen MR) is 155 cm³/mol. The van der Waals surface area contributed by atoms with Gasteiger partial charge in [0.15, 0.2) is 0 Å². The van der Waals surface area contributed by atoms with Crippen molar-refractivity contribution in [3.05, 3.63) is 93.6 Å². The van der Waals surface area contributed by atoms with E-state index in [1.165, 1.54) is 18.2 Å². The normalized spacial score (nSPS) is 15.7. The Bertz CT molecular complexity index is 1340. The zero-order valence-corrected chi connectivity index (χ0v) is 23.6. The zero-order chi connectivity index (χ0) is 27.5. The lowest BCUT2D eigenvalue weighted by Crippen LogP contribution is -2.34. The van der Waals surface area contributed by atoms with Crippen molar-refractivity contribution in [3.63, 3.8) is 0 Å². The third-order valence-electron chi connectivity index (χ3n) is 6.07. The molecule has 3 rings (SSSR count). The van der Waals surface area contributed by atoms with Gasteiger partial charge in [-0.3, -0.25) is 14.4 Å². The number of amides is 1. The Hall–Kier alpha value is -2.91. The molecule has 1 fully saturated rings. The Morgan fingerprint density at radius 3 is 2.66 bits per heavy atom. The molecule has 1 aliphatic rings. The minimum Gasteiger partial charge on any atom is -0.341 e. The highest BCUT2D eigenvalue weighted by molar-refractivity contribution is 7.89. The van der Waals surface area contributed by atoms with Crippen molar-refractivity contribution >= 4 is 51.4 Å². The molecule has 1 saturated heterocycles. The van der Waals surface area contributed by atoms with E-state index >= 15 is 0 Å². The Morgan fingerprint density at radius 2 is 1.89 bits per heavy atom. The van der Waals surface area contributed by atoms with Gasteiger partial charge in [-0.15, -0.1) is 0 Å². The van der Waals surface area contributed by atoms with Crippen molar-refractivity contribution in [1.82, 2.24) is 14.5 Å². The van der Waals surface area contributed by atoms with Crippen LogP contribution < -0.4 is 4.72 Å². The number of rotatable bonds is 10. The summed E-state index contributed by atoms with van der Waals surface area (Å²) in [5.74, 6) is -0.00659. The maximum absolute atomic E-state index is 12.9. The molecule has 2 aromatic rings. The van der Waals surface area contributed by atoms with Gasteiger partial charge < -0.3 is 10.3 Å². The number of benzene rings is 2. The summed E-state index contributed by atoms with van der Waals surface area (Å²) in [7, 11) is -3.81. The Labute approximate surface area is 235 Å². The average molecular weight is 576 g/mol. The van der Waals surface area contributed by atoms with Gasteiger partial charge >= 0.3 is 0 Å². The predicted octanol–water partition coefficient (Wildman–Crippen LogP) is 5.52. The van der Waals surface area contributed by atoms with Crippen molar-refractivity contribution in [2.75, 3.05) is 26.2 Å². The summed E-state index contributed by atoms with van der Waals surface area (Å²) >= 11 is 12.5. The van der Waals surface area contributed by atoms with Crippen LogP contribution in [0.25, 0.3) is 6.08 Å². The molecule has 0 aliphatic carbocycles. The average Bonchev–Trinajstić information content (AvgIpc) is 3.15. The van der Waals surface area contributed by atoms with E-state index in [2.05, 4.69) is 9.62 Å². The molecule has 0 saturated carbocycles. The van der Waals surface area contributed by atoms with Crippen LogP contribution in [0.2, 0.25) is 10.0 Å². The molecule has 1 amide bonds. The van der Waals surface area contributed by atoms with Gasteiger partial charge in [0.05, 0.1) is 14.9 Å². The van der Waals surface area contributed by atoms with Crippen molar-refractivity contribution in [2.24, 2.45) is 0 Å².